The fraction of sp³-hybridized carbons (Fsp3) is 0.0667. The fourth-order valence-corrected chi connectivity index (χ4v) is 3.49. The lowest BCUT2D eigenvalue weighted by molar-refractivity contribution is -0.385. The zero-order valence-corrected chi connectivity index (χ0v) is 13.6. The normalized spacial score (nSPS) is 10.7. The summed E-state index contributed by atoms with van der Waals surface area (Å²) < 4.78 is 0.953. The number of hydrogen-bond donors (Lipinski definition) is 1. The number of anilines is 1. The van der Waals surface area contributed by atoms with E-state index >= 15 is 0 Å². The van der Waals surface area contributed by atoms with E-state index in [4.69, 9.17) is 0 Å². The Morgan fingerprint density at radius 3 is 2.83 bits per heavy atom. The number of nitro groups is 1. The van der Waals surface area contributed by atoms with Crippen molar-refractivity contribution < 1.29 is 9.72 Å². The molecule has 0 saturated carbocycles. The van der Waals surface area contributed by atoms with Crippen molar-refractivity contribution in [3.8, 4) is 0 Å². The highest BCUT2D eigenvalue weighted by atomic mass is 32.2. The molecule has 0 aliphatic rings. The molecular weight excluding hydrogens is 334 g/mol. The Kier molecular flexibility index (Phi) is 4.26. The minimum absolute atomic E-state index is 0.0153. The molecule has 3 rings (SSSR count). The van der Waals surface area contributed by atoms with Crippen LogP contribution in [0.3, 0.4) is 0 Å². The summed E-state index contributed by atoms with van der Waals surface area (Å²) in [5.41, 5.74) is 0.572. The summed E-state index contributed by atoms with van der Waals surface area (Å²) in [5.74, 6) is -0.540. The predicted octanol–water partition coefficient (Wildman–Crippen LogP) is 4.18. The van der Waals surface area contributed by atoms with E-state index < -0.39 is 10.8 Å². The summed E-state index contributed by atoms with van der Waals surface area (Å²) in [6.45, 7) is 0. The second-order valence-corrected chi connectivity index (χ2v) is 6.49. The lowest BCUT2D eigenvalue weighted by Gasteiger charge is -2.02. The maximum atomic E-state index is 12.3. The van der Waals surface area contributed by atoms with E-state index in [9.17, 15) is 14.9 Å². The second-order valence-electron chi connectivity index (χ2n) is 4.58. The van der Waals surface area contributed by atoms with Gasteiger partial charge in [0.05, 0.1) is 15.1 Å². The molecule has 2 aromatic carbocycles. The van der Waals surface area contributed by atoms with Gasteiger partial charge in [0.1, 0.15) is 5.56 Å². The Balaban J connectivity index is 1.90. The van der Waals surface area contributed by atoms with Crippen molar-refractivity contribution in [2.24, 2.45) is 0 Å². The molecular formula is C15H11N3O3S2. The molecule has 0 aliphatic carbocycles. The minimum atomic E-state index is -0.571. The lowest BCUT2D eigenvalue weighted by atomic mass is 10.1. The van der Waals surface area contributed by atoms with Crippen LogP contribution in [0.5, 0.6) is 0 Å². The number of thiazole rings is 1. The molecule has 0 fully saturated rings. The first kappa shape index (κ1) is 15.4. The van der Waals surface area contributed by atoms with Gasteiger partial charge in [-0.15, -0.1) is 11.8 Å². The molecule has 8 heteroatoms. The monoisotopic (exact) mass is 345 g/mol. The Labute approximate surface area is 139 Å². The Morgan fingerprint density at radius 2 is 2.09 bits per heavy atom. The molecule has 1 amide bonds. The van der Waals surface area contributed by atoms with Crippen molar-refractivity contribution in [1.82, 2.24) is 4.98 Å². The van der Waals surface area contributed by atoms with Crippen molar-refractivity contribution in [1.29, 1.82) is 0 Å². The Hall–Kier alpha value is -2.45. The van der Waals surface area contributed by atoms with Crippen LogP contribution in [-0.2, 0) is 0 Å². The SMILES string of the molecule is CSc1ccc2nc(NC(=O)c3ccccc3[N+](=O)[O-])sc2c1. The van der Waals surface area contributed by atoms with E-state index in [1.54, 1.807) is 17.8 Å². The van der Waals surface area contributed by atoms with E-state index in [2.05, 4.69) is 10.3 Å². The summed E-state index contributed by atoms with van der Waals surface area (Å²) in [6, 6.07) is 11.7. The number of aromatic nitrogens is 1. The third-order valence-corrected chi connectivity index (χ3v) is 4.82. The second kappa shape index (κ2) is 6.35. The number of hydrogen-bond acceptors (Lipinski definition) is 6. The topological polar surface area (TPSA) is 85.1 Å². The molecule has 0 aliphatic heterocycles. The molecule has 1 aromatic heterocycles. The molecule has 116 valence electrons. The van der Waals surface area contributed by atoms with E-state index in [-0.39, 0.29) is 11.3 Å². The summed E-state index contributed by atoms with van der Waals surface area (Å²) in [6.07, 6.45) is 1.99. The van der Waals surface area contributed by atoms with Crippen LogP contribution in [0.4, 0.5) is 10.8 Å². The van der Waals surface area contributed by atoms with Crippen molar-refractivity contribution in [2.45, 2.75) is 4.90 Å². The molecule has 23 heavy (non-hydrogen) atoms. The van der Waals surface area contributed by atoms with Gasteiger partial charge in [-0.3, -0.25) is 20.2 Å². The molecule has 3 aromatic rings. The van der Waals surface area contributed by atoms with Gasteiger partial charge in [-0.25, -0.2) is 4.98 Å². The van der Waals surface area contributed by atoms with Crippen LogP contribution < -0.4 is 5.32 Å². The number of thioether (sulfide) groups is 1. The van der Waals surface area contributed by atoms with Crippen LogP contribution in [0.25, 0.3) is 10.2 Å². The molecule has 0 unspecified atom stereocenters. The summed E-state index contributed by atoms with van der Waals surface area (Å²) in [5, 5.41) is 14.1. The van der Waals surface area contributed by atoms with Crippen LogP contribution in [0.2, 0.25) is 0 Å². The number of benzene rings is 2. The van der Waals surface area contributed by atoms with Crippen molar-refractivity contribution in [3.63, 3.8) is 0 Å². The summed E-state index contributed by atoms with van der Waals surface area (Å²) in [4.78, 5) is 28.2. The maximum Gasteiger partial charge on any atom is 0.282 e. The van der Waals surface area contributed by atoms with Crippen molar-refractivity contribution in [3.05, 3.63) is 58.1 Å². The predicted molar refractivity (Wildman–Crippen MR) is 92.5 cm³/mol. The van der Waals surface area contributed by atoms with Gasteiger partial charge in [-0.05, 0) is 30.5 Å². The molecule has 0 bridgehead atoms. The van der Waals surface area contributed by atoms with Crippen LogP contribution in [0.1, 0.15) is 10.4 Å². The van der Waals surface area contributed by atoms with E-state index in [0.29, 0.717) is 5.13 Å². The van der Waals surface area contributed by atoms with Crippen LogP contribution in [0, 0.1) is 10.1 Å². The highest BCUT2D eigenvalue weighted by Gasteiger charge is 2.20. The van der Waals surface area contributed by atoms with E-state index in [0.717, 1.165) is 15.1 Å². The Bertz CT molecular complexity index is 908. The molecule has 0 atom stereocenters. The van der Waals surface area contributed by atoms with Gasteiger partial charge in [0.2, 0.25) is 0 Å². The molecule has 0 spiro atoms. The number of para-hydroxylation sites is 1. The largest absolute Gasteiger partial charge is 0.298 e. The molecule has 0 saturated heterocycles. The summed E-state index contributed by atoms with van der Waals surface area (Å²) >= 11 is 2.96. The van der Waals surface area contributed by atoms with E-state index in [1.807, 2.05) is 24.5 Å². The average Bonchev–Trinajstić information content (AvgIpc) is 2.95. The van der Waals surface area contributed by atoms with Gasteiger partial charge in [-0.1, -0.05) is 23.5 Å². The summed E-state index contributed by atoms with van der Waals surface area (Å²) in [7, 11) is 0. The van der Waals surface area contributed by atoms with Gasteiger partial charge in [0, 0.05) is 11.0 Å². The molecule has 1 N–H and O–H groups in total. The zero-order valence-electron chi connectivity index (χ0n) is 12.0. The number of carbonyl (C=O) groups excluding carboxylic acids is 1. The van der Waals surface area contributed by atoms with E-state index in [1.165, 1.54) is 29.5 Å². The van der Waals surface area contributed by atoms with Crippen LogP contribution in [-0.4, -0.2) is 22.1 Å². The number of carbonyl (C=O) groups is 1. The van der Waals surface area contributed by atoms with Gasteiger partial charge in [-0.2, -0.15) is 0 Å². The highest BCUT2D eigenvalue weighted by Crippen LogP contribution is 2.30. The standard InChI is InChI=1S/C15H11N3O3S2/c1-22-9-6-7-11-13(8-9)23-15(16-11)17-14(19)10-4-2-3-5-12(10)18(20)21/h2-8H,1H3,(H,16,17,19). The maximum absolute atomic E-state index is 12.3. The fourth-order valence-electron chi connectivity index (χ4n) is 2.07. The molecule has 1 heterocycles. The van der Waals surface area contributed by atoms with Gasteiger partial charge < -0.3 is 0 Å². The average molecular weight is 345 g/mol. The van der Waals surface area contributed by atoms with Crippen LogP contribution >= 0.6 is 23.1 Å². The van der Waals surface area contributed by atoms with Crippen LogP contribution in [0.15, 0.2) is 47.4 Å². The number of fused-ring (bicyclic) bond motifs is 1. The number of amides is 1. The molecule has 6 nitrogen and oxygen atoms in total. The minimum Gasteiger partial charge on any atom is -0.298 e. The smallest absolute Gasteiger partial charge is 0.282 e. The number of nitrogens with zero attached hydrogens (tertiary/aromatic N) is 2. The number of rotatable bonds is 4. The lowest BCUT2D eigenvalue weighted by Crippen LogP contribution is -2.13. The Morgan fingerprint density at radius 1 is 1.30 bits per heavy atom. The first-order chi connectivity index (χ1) is 11.1. The third-order valence-electron chi connectivity index (χ3n) is 3.16. The first-order valence-corrected chi connectivity index (χ1v) is 8.62. The first-order valence-electron chi connectivity index (χ1n) is 6.58. The molecule has 0 radical (unpaired) electrons. The zero-order chi connectivity index (χ0) is 16.4. The number of nitrogens with one attached hydrogen (secondary N) is 1. The van der Waals surface area contributed by atoms with Gasteiger partial charge in [0.15, 0.2) is 5.13 Å². The van der Waals surface area contributed by atoms with Crippen molar-refractivity contribution in [2.75, 3.05) is 11.6 Å². The van der Waals surface area contributed by atoms with Gasteiger partial charge >= 0.3 is 0 Å². The quantitative estimate of drug-likeness (QED) is 0.435. The third kappa shape index (κ3) is 3.17. The number of nitro benzene ring substituents is 1. The van der Waals surface area contributed by atoms with Crippen molar-refractivity contribution >= 4 is 50.0 Å². The van der Waals surface area contributed by atoms with Gasteiger partial charge in [0.25, 0.3) is 11.6 Å². The highest BCUT2D eigenvalue weighted by molar-refractivity contribution is 7.98.